The molecule has 2 nitrogen and oxygen atoms in total. The van der Waals surface area contributed by atoms with Crippen LogP contribution in [0.5, 0.6) is 0 Å². The predicted octanol–water partition coefficient (Wildman–Crippen LogP) is 1.47. The molecular weight excluding hydrogens is 124 g/mol. The molecule has 1 aromatic rings. The lowest BCUT2D eigenvalue weighted by Gasteiger charge is -2.04. The van der Waals surface area contributed by atoms with Crippen molar-refractivity contribution in [3.63, 3.8) is 0 Å². The van der Waals surface area contributed by atoms with Gasteiger partial charge < -0.3 is 11.5 Å². The highest BCUT2D eigenvalue weighted by Crippen LogP contribution is 2.19. The first-order chi connectivity index (χ1) is 4.61. The fraction of sp³-hybridized carbons (Fsp3) is 0.250. The van der Waals surface area contributed by atoms with E-state index in [9.17, 15) is 0 Å². The van der Waals surface area contributed by atoms with E-state index in [2.05, 4.69) is 0 Å². The number of hydrogen-bond donors (Lipinski definition) is 2. The van der Waals surface area contributed by atoms with Crippen LogP contribution in [-0.2, 0) is 0 Å². The molecule has 0 aliphatic rings. The standard InChI is InChI=1S/C8H12N2/c1-5-3-7(9)6(2)8(10)4-5/h3-4H,9-10H2,1-2H3. The molecule has 1 aromatic carbocycles. The fourth-order valence-corrected chi connectivity index (χ4v) is 0.915. The van der Waals surface area contributed by atoms with Gasteiger partial charge in [-0.25, -0.2) is 0 Å². The van der Waals surface area contributed by atoms with E-state index in [1.807, 2.05) is 26.0 Å². The summed E-state index contributed by atoms with van der Waals surface area (Å²) in [6, 6.07) is 3.84. The zero-order chi connectivity index (χ0) is 7.72. The van der Waals surface area contributed by atoms with Crippen LogP contribution in [0.1, 0.15) is 11.1 Å². The molecule has 2 heteroatoms. The van der Waals surface area contributed by atoms with E-state index in [1.165, 1.54) is 0 Å². The van der Waals surface area contributed by atoms with Crippen LogP contribution < -0.4 is 11.5 Å². The average molecular weight is 136 g/mol. The van der Waals surface area contributed by atoms with Crippen molar-refractivity contribution in [3.05, 3.63) is 23.3 Å². The number of hydrogen-bond acceptors (Lipinski definition) is 2. The number of nitrogen functional groups attached to an aromatic ring is 2. The number of aryl methyl sites for hydroxylation is 1. The number of anilines is 2. The van der Waals surface area contributed by atoms with Crippen LogP contribution in [0.25, 0.3) is 0 Å². The Kier molecular flexibility index (Phi) is 1.53. The summed E-state index contributed by atoms with van der Waals surface area (Å²) in [5.41, 5.74) is 14.9. The largest absolute Gasteiger partial charge is 0.398 e. The lowest BCUT2D eigenvalue weighted by atomic mass is 10.1. The first-order valence-electron chi connectivity index (χ1n) is 3.23. The minimum absolute atomic E-state index is 0.775. The summed E-state index contributed by atoms with van der Waals surface area (Å²) in [5, 5.41) is 0. The molecule has 0 aliphatic carbocycles. The van der Waals surface area contributed by atoms with E-state index in [-0.39, 0.29) is 0 Å². The minimum atomic E-state index is 0.775. The molecule has 0 spiro atoms. The predicted molar refractivity (Wildman–Crippen MR) is 44.7 cm³/mol. The highest BCUT2D eigenvalue weighted by molar-refractivity contribution is 5.62. The Hall–Kier alpha value is -1.18. The second-order valence-electron chi connectivity index (χ2n) is 2.57. The maximum atomic E-state index is 5.64. The third-order valence-electron chi connectivity index (χ3n) is 1.63. The molecule has 10 heavy (non-hydrogen) atoms. The number of rotatable bonds is 0. The van der Waals surface area contributed by atoms with Gasteiger partial charge in [-0.3, -0.25) is 0 Å². The van der Waals surface area contributed by atoms with Crippen LogP contribution in [-0.4, -0.2) is 0 Å². The Bertz CT molecular complexity index is 230. The molecule has 0 bridgehead atoms. The molecule has 0 aliphatic heterocycles. The van der Waals surface area contributed by atoms with Crippen LogP contribution in [0.2, 0.25) is 0 Å². The minimum Gasteiger partial charge on any atom is -0.398 e. The molecular formula is C8H12N2. The van der Waals surface area contributed by atoms with Gasteiger partial charge in [0.2, 0.25) is 0 Å². The second-order valence-corrected chi connectivity index (χ2v) is 2.57. The van der Waals surface area contributed by atoms with E-state index < -0.39 is 0 Å². The molecule has 4 N–H and O–H groups in total. The summed E-state index contributed by atoms with van der Waals surface area (Å²) in [7, 11) is 0. The molecule has 54 valence electrons. The molecule has 1 rings (SSSR count). The number of nitrogens with two attached hydrogens (primary N) is 2. The molecule has 0 saturated heterocycles. The third kappa shape index (κ3) is 1.05. The van der Waals surface area contributed by atoms with Crippen molar-refractivity contribution >= 4 is 11.4 Å². The van der Waals surface area contributed by atoms with Crippen molar-refractivity contribution in [1.29, 1.82) is 0 Å². The fourth-order valence-electron chi connectivity index (χ4n) is 0.915. The van der Waals surface area contributed by atoms with Gasteiger partial charge in [0.15, 0.2) is 0 Å². The molecule has 0 atom stereocenters. The molecule has 0 unspecified atom stereocenters. The smallest absolute Gasteiger partial charge is 0.0367 e. The van der Waals surface area contributed by atoms with Gasteiger partial charge in [0.1, 0.15) is 0 Å². The summed E-state index contributed by atoms with van der Waals surface area (Å²) < 4.78 is 0. The second kappa shape index (κ2) is 2.21. The van der Waals surface area contributed by atoms with Gasteiger partial charge in [0.25, 0.3) is 0 Å². The lowest BCUT2D eigenvalue weighted by molar-refractivity contribution is 1.40. The van der Waals surface area contributed by atoms with Crippen LogP contribution >= 0.6 is 0 Å². The van der Waals surface area contributed by atoms with Crippen LogP contribution in [0, 0.1) is 13.8 Å². The Labute approximate surface area is 60.8 Å². The molecule has 0 saturated carbocycles. The zero-order valence-electron chi connectivity index (χ0n) is 6.31. The van der Waals surface area contributed by atoms with Crippen molar-refractivity contribution in [2.24, 2.45) is 0 Å². The van der Waals surface area contributed by atoms with Crippen LogP contribution in [0.4, 0.5) is 11.4 Å². The Morgan fingerprint density at radius 3 is 1.80 bits per heavy atom. The van der Waals surface area contributed by atoms with Gasteiger partial charge in [-0.2, -0.15) is 0 Å². The summed E-state index contributed by atoms with van der Waals surface area (Å²) in [6.45, 7) is 3.90. The van der Waals surface area contributed by atoms with E-state index >= 15 is 0 Å². The van der Waals surface area contributed by atoms with Crippen molar-refractivity contribution in [2.45, 2.75) is 13.8 Å². The Morgan fingerprint density at radius 2 is 1.40 bits per heavy atom. The SMILES string of the molecule is Cc1cc(N)c(C)c(N)c1. The summed E-state index contributed by atoms with van der Waals surface area (Å²) in [6.07, 6.45) is 0. The van der Waals surface area contributed by atoms with Crippen molar-refractivity contribution in [1.82, 2.24) is 0 Å². The molecule has 0 fully saturated rings. The van der Waals surface area contributed by atoms with Crippen molar-refractivity contribution in [2.75, 3.05) is 11.5 Å². The van der Waals surface area contributed by atoms with E-state index in [1.54, 1.807) is 0 Å². The highest BCUT2D eigenvalue weighted by atomic mass is 14.6. The van der Waals surface area contributed by atoms with Gasteiger partial charge in [0, 0.05) is 11.4 Å². The highest BCUT2D eigenvalue weighted by Gasteiger charge is 1.97. The van der Waals surface area contributed by atoms with Gasteiger partial charge in [-0.1, -0.05) is 0 Å². The van der Waals surface area contributed by atoms with E-state index in [0.717, 1.165) is 22.5 Å². The molecule has 0 amide bonds. The third-order valence-corrected chi connectivity index (χ3v) is 1.63. The number of benzene rings is 1. The van der Waals surface area contributed by atoms with E-state index in [0.29, 0.717) is 0 Å². The Morgan fingerprint density at radius 1 is 1.00 bits per heavy atom. The normalized spacial score (nSPS) is 9.80. The molecule has 0 aromatic heterocycles. The summed E-state index contributed by atoms with van der Waals surface area (Å²) in [4.78, 5) is 0. The average Bonchev–Trinajstić information content (AvgIpc) is 1.82. The lowest BCUT2D eigenvalue weighted by Crippen LogP contribution is -1.96. The van der Waals surface area contributed by atoms with E-state index in [4.69, 9.17) is 11.5 Å². The maximum absolute atomic E-state index is 5.64. The zero-order valence-corrected chi connectivity index (χ0v) is 6.31. The van der Waals surface area contributed by atoms with Crippen LogP contribution in [0.3, 0.4) is 0 Å². The topological polar surface area (TPSA) is 52.0 Å². The van der Waals surface area contributed by atoms with Gasteiger partial charge in [0.05, 0.1) is 0 Å². The van der Waals surface area contributed by atoms with Crippen molar-refractivity contribution < 1.29 is 0 Å². The first-order valence-corrected chi connectivity index (χ1v) is 3.23. The van der Waals surface area contributed by atoms with Gasteiger partial charge in [-0.05, 0) is 37.1 Å². The van der Waals surface area contributed by atoms with Gasteiger partial charge in [-0.15, -0.1) is 0 Å². The summed E-state index contributed by atoms with van der Waals surface area (Å²) >= 11 is 0. The summed E-state index contributed by atoms with van der Waals surface area (Å²) in [5.74, 6) is 0. The maximum Gasteiger partial charge on any atom is 0.0367 e. The Balaban J connectivity index is 3.31. The van der Waals surface area contributed by atoms with Crippen LogP contribution in [0.15, 0.2) is 12.1 Å². The molecule has 0 radical (unpaired) electrons. The quantitative estimate of drug-likeness (QED) is 0.530. The van der Waals surface area contributed by atoms with Crippen molar-refractivity contribution in [3.8, 4) is 0 Å². The monoisotopic (exact) mass is 136 g/mol. The first kappa shape index (κ1) is 6.93. The molecule has 0 heterocycles. The van der Waals surface area contributed by atoms with Gasteiger partial charge >= 0.3 is 0 Å².